The Balaban J connectivity index is 2.02. The highest BCUT2D eigenvalue weighted by atomic mass is 19.4. The van der Waals surface area contributed by atoms with Crippen LogP contribution in [0, 0.1) is 10.1 Å². The minimum absolute atomic E-state index is 0.0293. The molecule has 1 aliphatic carbocycles. The maximum atomic E-state index is 13.4. The van der Waals surface area contributed by atoms with Gasteiger partial charge in [0.2, 0.25) is 0 Å². The highest BCUT2D eigenvalue weighted by Crippen LogP contribution is 2.34. The molecule has 0 saturated heterocycles. The molecule has 0 aliphatic heterocycles. The first-order chi connectivity index (χ1) is 11.3. The Bertz CT molecular complexity index is 795. The molecule has 1 aromatic carbocycles. The van der Waals surface area contributed by atoms with Crippen molar-refractivity contribution in [1.29, 1.82) is 0 Å². The highest BCUT2D eigenvalue weighted by Gasteiger charge is 2.41. The third-order valence-electron chi connectivity index (χ3n) is 3.50. The number of halogens is 3. The number of benzene rings is 1. The van der Waals surface area contributed by atoms with Crippen LogP contribution in [0.25, 0.3) is 5.69 Å². The first-order valence-corrected chi connectivity index (χ1v) is 6.98. The third kappa shape index (κ3) is 3.07. The second kappa shape index (κ2) is 5.62. The Hall–Kier alpha value is -2.91. The molecular formula is C14H11F3N4O3. The minimum Gasteiger partial charge on any atom is -0.349 e. The Morgan fingerprint density at radius 3 is 2.42 bits per heavy atom. The summed E-state index contributed by atoms with van der Waals surface area (Å²) in [5.41, 5.74) is -2.08. The average Bonchev–Trinajstić information content (AvgIpc) is 3.19. The Labute approximate surface area is 133 Å². The largest absolute Gasteiger partial charge is 0.434 e. The molecular weight excluding hydrogens is 329 g/mol. The minimum atomic E-state index is -4.81. The predicted octanol–water partition coefficient (Wildman–Crippen LogP) is 2.69. The zero-order valence-corrected chi connectivity index (χ0v) is 12.1. The number of aromatic nitrogens is 2. The van der Waals surface area contributed by atoms with Crippen LogP contribution in [-0.2, 0) is 6.18 Å². The molecule has 0 spiro atoms. The van der Waals surface area contributed by atoms with Crippen LogP contribution >= 0.6 is 0 Å². The van der Waals surface area contributed by atoms with Crippen LogP contribution < -0.4 is 5.32 Å². The van der Waals surface area contributed by atoms with E-state index >= 15 is 0 Å². The van der Waals surface area contributed by atoms with Gasteiger partial charge in [0.15, 0.2) is 5.69 Å². The summed E-state index contributed by atoms with van der Waals surface area (Å²) < 4.78 is 40.8. The number of non-ortho nitro benzene ring substituents is 1. The van der Waals surface area contributed by atoms with Gasteiger partial charge in [0.05, 0.1) is 22.4 Å². The molecule has 1 N–H and O–H groups in total. The van der Waals surface area contributed by atoms with Crippen molar-refractivity contribution in [3.8, 4) is 5.69 Å². The fourth-order valence-electron chi connectivity index (χ4n) is 2.19. The molecule has 1 amide bonds. The first-order valence-electron chi connectivity index (χ1n) is 6.98. The average molecular weight is 340 g/mol. The normalized spacial score (nSPS) is 14.5. The van der Waals surface area contributed by atoms with Crippen molar-refractivity contribution >= 4 is 11.6 Å². The van der Waals surface area contributed by atoms with Crippen molar-refractivity contribution in [2.24, 2.45) is 0 Å². The van der Waals surface area contributed by atoms with Crippen molar-refractivity contribution in [1.82, 2.24) is 15.1 Å². The number of carbonyl (C=O) groups excluding carboxylic acids is 1. The van der Waals surface area contributed by atoms with Gasteiger partial charge in [-0.1, -0.05) is 0 Å². The van der Waals surface area contributed by atoms with Gasteiger partial charge in [0.25, 0.3) is 11.6 Å². The van der Waals surface area contributed by atoms with Gasteiger partial charge in [-0.05, 0) is 25.0 Å². The Morgan fingerprint density at radius 1 is 1.29 bits per heavy atom. The van der Waals surface area contributed by atoms with Crippen LogP contribution in [0.15, 0.2) is 30.5 Å². The second-order valence-electron chi connectivity index (χ2n) is 5.34. The van der Waals surface area contributed by atoms with E-state index in [4.69, 9.17) is 0 Å². The molecule has 0 atom stereocenters. The molecule has 1 aliphatic rings. The number of hydrogen-bond donors (Lipinski definition) is 1. The van der Waals surface area contributed by atoms with Crippen molar-refractivity contribution < 1.29 is 22.9 Å². The van der Waals surface area contributed by atoms with Crippen molar-refractivity contribution in [3.63, 3.8) is 0 Å². The summed E-state index contributed by atoms with van der Waals surface area (Å²) in [6, 6.07) is 4.33. The zero-order valence-electron chi connectivity index (χ0n) is 12.1. The summed E-state index contributed by atoms with van der Waals surface area (Å²) >= 11 is 0. The monoisotopic (exact) mass is 340 g/mol. The molecule has 0 unspecified atom stereocenters. The molecule has 1 aromatic heterocycles. The van der Waals surface area contributed by atoms with Gasteiger partial charge in [0.1, 0.15) is 0 Å². The number of nitrogens with zero attached hydrogens (tertiary/aromatic N) is 3. The number of carbonyl (C=O) groups is 1. The van der Waals surface area contributed by atoms with E-state index in [9.17, 15) is 28.1 Å². The van der Waals surface area contributed by atoms with Crippen LogP contribution in [-0.4, -0.2) is 26.7 Å². The summed E-state index contributed by atoms with van der Waals surface area (Å²) in [4.78, 5) is 22.0. The maximum absolute atomic E-state index is 13.4. The van der Waals surface area contributed by atoms with Crippen molar-refractivity contribution in [2.45, 2.75) is 25.1 Å². The quantitative estimate of drug-likeness (QED) is 0.684. The van der Waals surface area contributed by atoms with E-state index in [2.05, 4.69) is 10.4 Å². The van der Waals surface area contributed by atoms with Gasteiger partial charge < -0.3 is 5.32 Å². The van der Waals surface area contributed by atoms with Crippen molar-refractivity contribution in [2.75, 3.05) is 0 Å². The molecule has 126 valence electrons. The smallest absolute Gasteiger partial charge is 0.349 e. The van der Waals surface area contributed by atoms with E-state index in [-0.39, 0.29) is 17.4 Å². The number of hydrogen-bond acceptors (Lipinski definition) is 4. The number of nitro benzene ring substituents is 1. The number of nitro groups is 1. The molecule has 1 heterocycles. The summed E-state index contributed by atoms with van der Waals surface area (Å²) in [6.07, 6.45) is -2.48. The molecule has 1 saturated carbocycles. The molecule has 10 heteroatoms. The van der Waals surface area contributed by atoms with E-state index < -0.39 is 28.3 Å². The van der Waals surface area contributed by atoms with Gasteiger partial charge >= 0.3 is 6.18 Å². The Morgan fingerprint density at radius 2 is 1.92 bits per heavy atom. The van der Waals surface area contributed by atoms with Gasteiger partial charge in [0, 0.05) is 18.2 Å². The fourth-order valence-corrected chi connectivity index (χ4v) is 2.19. The SMILES string of the molecule is O=C(NC1CC1)c1cnn(-c2ccc([N+](=O)[O-])cc2)c1C(F)(F)F. The fraction of sp³-hybridized carbons (Fsp3) is 0.286. The number of rotatable bonds is 4. The summed E-state index contributed by atoms with van der Waals surface area (Å²) in [5.74, 6) is -0.835. The summed E-state index contributed by atoms with van der Waals surface area (Å²) in [5, 5.41) is 16.8. The summed E-state index contributed by atoms with van der Waals surface area (Å²) in [7, 11) is 0. The predicted molar refractivity (Wildman–Crippen MR) is 75.7 cm³/mol. The van der Waals surface area contributed by atoms with Crippen LogP contribution in [0.2, 0.25) is 0 Å². The zero-order chi connectivity index (χ0) is 17.5. The van der Waals surface area contributed by atoms with E-state index in [0.29, 0.717) is 4.68 Å². The van der Waals surface area contributed by atoms with Gasteiger partial charge in [-0.15, -0.1) is 0 Å². The number of alkyl halides is 3. The molecule has 7 nitrogen and oxygen atoms in total. The third-order valence-corrected chi connectivity index (χ3v) is 3.50. The molecule has 3 rings (SSSR count). The van der Waals surface area contributed by atoms with Crippen molar-refractivity contribution in [3.05, 3.63) is 51.8 Å². The van der Waals surface area contributed by atoms with Crippen LogP contribution in [0.4, 0.5) is 18.9 Å². The lowest BCUT2D eigenvalue weighted by molar-refractivity contribution is -0.384. The highest BCUT2D eigenvalue weighted by molar-refractivity contribution is 5.95. The standard InChI is InChI=1S/C14H11F3N4O3/c15-14(16,17)12-11(13(22)19-8-1-2-8)7-18-20(12)9-3-5-10(6-4-9)21(23)24/h3-8H,1-2H2,(H,19,22). The number of amides is 1. The first kappa shape index (κ1) is 16.0. The van der Waals surface area contributed by atoms with E-state index in [1.165, 1.54) is 0 Å². The van der Waals surface area contributed by atoms with Gasteiger partial charge in [-0.25, -0.2) is 4.68 Å². The molecule has 24 heavy (non-hydrogen) atoms. The molecule has 1 fully saturated rings. The van der Waals surface area contributed by atoms with E-state index in [0.717, 1.165) is 43.3 Å². The van der Waals surface area contributed by atoms with Crippen LogP contribution in [0.5, 0.6) is 0 Å². The van der Waals surface area contributed by atoms with Gasteiger partial charge in [-0.3, -0.25) is 14.9 Å². The van der Waals surface area contributed by atoms with E-state index in [1.807, 2.05) is 0 Å². The van der Waals surface area contributed by atoms with Gasteiger partial charge in [-0.2, -0.15) is 18.3 Å². The molecule has 2 aromatic rings. The maximum Gasteiger partial charge on any atom is 0.434 e. The lowest BCUT2D eigenvalue weighted by Crippen LogP contribution is -2.28. The van der Waals surface area contributed by atoms with Crippen LogP contribution in [0.3, 0.4) is 0 Å². The summed E-state index contributed by atoms with van der Waals surface area (Å²) in [6.45, 7) is 0. The Kier molecular flexibility index (Phi) is 3.74. The molecule has 0 bridgehead atoms. The lowest BCUT2D eigenvalue weighted by atomic mass is 10.2. The van der Waals surface area contributed by atoms with Crippen LogP contribution in [0.1, 0.15) is 28.9 Å². The van der Waals surface area contributed by atoms with E-state index in [1.54, 1.807) is 0 Å². The number of nitrogens with one attached hydrogen (secondary N) is 1. The topological polar surface area (TPSA) is 90.1 Å². The molecule has 0 radical (unpaired) electrons. The lowest BCUT2D eigenvalue weighted by Gasteiger charge is -2.12. The second-order valence-corrected chi connectivity index (χ2v) is 5.34.